The molecule has 0 amide bonds. The summed E-state index contributed by atoms with van der Waals surface area (Å²) in [4.78, 5) is 9.02. The molecule has 0 aliphatic rings. The molecule has 0 spiro atoms. The highest BCUT2D eigenvalue weighted by atomic mass is 16.5. The number of anilines is 1. The zero-order valence-electron chi connectivity index (χ0n) is 12.9. The Balaban J connectivity index is 1.66. The number of aliphatic hydroxyl groups is 1. The zero-order chi connectivity index (χ0) is 15.9. The molecule has 0 unspecified atom stereocenters. The molecule has 2 N–H and O–H groups in total. The number of aliphatic hydroxyl groups excluding tert-OH is 1. The van der Waals surface area contributed by atoms with Crippen LogP contribution in [-0.4, -0.2) is 46.0 Å². The Morgan fingerprint density at radius 2 is 2.00 bits per heavy atom. The molecule has 0 aliphatic carbocycles. The monoisotopic (exact) mass is 312 g/mol. The van der Waals surface area contributed by atoms with Gasteiger partial charge in [0.05, 0.1) is 24.2 Å². The smallest absolute Gasteiger partial charge is 0.140 e. The second kappa shape index (κ2) is 7.71. The molecule has 0 saturated heterocycles. The number of nitrogens with one attached hydrogen (secondary N) is 1. The normalized spacial score (nSPS) is 11.0. The summed E-state index contributed by atoms with van der Waals surface area (Å²) in [5.74, 6) is 1.66. The maximum absolute atomic E-state index is 8.64. The predicted molar refractivity (Wildman–Crippen MR) is 89.9 cm³/mol. The number of nitrogens with zero attached hydrogens (tertiary/aromatic N) is 3. The van der Waals surface area contributed by atoms with E-state index < -0.39 is 0 Å². The van der Waals surface area contributed by atoms with Crippen LogP contribution >= 0.6 is 0 Å². The Morgan fingerprint density at radius 1 is 1.09 bits per heavy atom. The van der Waals surface area contributed by atoms with Gasteiger partial charge in [0, 0.05) is 13.2 Å². The molecule has 1 aromatic carbocycles. The largest absolute Gasteiger partial charge is 0.394 e. The van der Waals surface area contributed by atoms with E-state index in [1.807, 2.05) is 47.0 Å². The third-order valence-corrected chi connectivity index (χ3v) is 3.44. The molecule has 120 valence electrons. The quantitative estimate of drug-likeness (QED) is 0.624. The molecular weight excluding hydrogens is 292 g/mol. The molecule has 3 rings (SSSR count). The molecule has 0 atom stereocenters. The summed E-state index contributed by atoms with van der Waals surface area (Å²) in [6, 6.07) is 13.9. The fourth-order valence-corrected chi connectivity index (χ4v) is 2.35. The first-order chi connectivity index (χ1) is 11.4. The van der Waals surface area contributed by atoms with E-state index in [2.05, 4.69) is 15.3 Å². The molecule has 3 aromatic rings. The minimum Gasteiger partial charge on any atom is -0.394 e. The highest BCUT2D eigenvalue weighted by molar-refractivity contribution is 5.76. The highest BCUT2D eigenvalue weighted by Crippen LogP contribution is 2.17. The van der Waals surface area contributed by atoms with Crippen LogP contribution in [0.4, 0.5) is 5.82 Å². The Bertz CT molecular complexity index is 757. The molecule has 6 nitrogen and oxygen atoms in total. The van der Waals surface area contributed by atoms with E-state index in [9.17, 15) is 0 Å². The predicted octanol–water partition coefficient (Wildman–Crippen LogP) is 2.23. The number of hydrogen-bond donors (Lipinski definition) is 2. The third kappa shape index (κ3) is 3.85. The SMILES string of the molecule is OCCOCCCNc1cccc(-n2cnc3ccccc32)n1. The molecule has 0 fully saturated rings. The van der Waals surface area contributed by atoms with Crippen LogP contribution in [0, 0.1) is 0 Å². The fourth-order valence-electron chi connectivity index (χ4n) is 2.35. The Morgan fingerprint density at radius 3 is 2.91 bits per heavy atom. The molecular formula is C17H20N4O2. The molecule has 0 saturated carbocycles. The van der Waals surface area contributed by atoms with Crippen molar-refractivity contribution in [1.29, 1.82) is 0 Å². The summed E-state index contributed by atoms with van der Waals surface area (Å²) in [7, 11) is 0. The summed E-state index contributed by atoms with van der Waals surface area (Å²) in [5, 5.41) is 11.9. The highest BCUT2D eigenvalue weighted by Gasteiger charge is 2.05. The van der Waals surface area contributed by atoms with Crippen molar-refractivity contribution < 1.29 is 9.84 Å². The van der Waals surface area contributed by atoms with Gasteiger partial charge in [-0.15, -0.1) is 0 Å². The molecule has 0 radical (unpaired) electrons. The number of imidazole rings is 1. The zero-order valence-corrected chi connectivity index (χ0v) is 12.9. The Labute approximate surface area is 134 Å². The number of pyridine rings is 1. The van der Waals surface area contributed by atoms with Gasteiger partial charge in [0.2, 0.25) is 0 Å². The van der Waals surface area contributed by atoms with E-state index in [1.54, 1.807) is 6.33 Å². The number of fused-ring (bicyclic) bond motifs is 1. The van der Waals surface area contributed by atoms with E-state index in [0.717, 1.165) is 35.6 Å². The van der Waals surface area contributed by atoms with E-state index in [-0.39, 0.29) is 6.61 Å². The van der Waals surface area contributed by atoms with E-state index in [4.69, 9.17) is 9.84 Å². The molecule has 6 heteroatoms. The molecule has 0 bridgehead atoms. The number of hydrogen-bond acceptors (Lipinski definition) is 5. The number of para-hydroxylation sites is 2. The number of aromatic nitrogens is 3. The molecule has 2 heterocycles. The summed E-state index contributed by atoms with van der Waals surface area (Å²) in [6.07, 6.45) is 2.65. The average Bonchev–Trinajstić information content (AvgIpc) is 3.02. The second-order valence-corrected chi connectivity index (χ2v) is 5.10. The first kappa shape index (κ1) is 15.5. The summed E-state index contributed by atoms with van der Waals surface area (Å²) >= 11 is 0. The van der Waals surface area contributed by atoms with Crippen molar-refractivity contribution in [3.63, 3.8) is 0 Å². The van der Waals surface area contributed by atoms with Crippen LogP contribution in [0.15, 0.2) is 48.8 Å². The van der Waals surface area contributed by atoms with Crippen LogP contribution in [-0.2, 0) is 4.74 Å². The average molecular weight is 312 g/mol. The van der Waals surface area contributed by atoms with Gasteiger partial charge in [-0.3, -0.25) is 4.57 Å². The van der Waals surface area contributed by atoms with Crippen LogP contribution in [0.5, 0.6) is 0 Å². The lowest BCUT2D eigenvalue weighted by Gasteiger charge is -2.08. The minimum atomic E-state index is 0.0654. The number of ether oxygens (including phenoxy) is 1. The van der Waals surface area contributed by atoms with Crippen molar-refractivity contribution in [3.8, 4) is 5.82 Å². The first-order valence-corrected chi connectivity index (χ1v) is 7.70. The van der Waals surface area contributed by atoms with Crippen LogP contribution in [0.2, 0.25) is 0 Å². The topological polar surface area (TPSA) is 72.2 Å². The summed E-state index contributed by atoms with van der Waals surface area (Å²) in [5.41, 5.74) is 1.99. The number of benzene rings is 1. The van der Waals surface area contributed by atoms with Crippen molar-refractivity contribution in [2.45, 2.75) is 6.42 Å². The van der Waals surface area contributed by atoms with Gasteiger partial charge in [-0.2, -0.15) is 0 Å². The van der Waals surface area contributed by atoms with E-state index >= 15 is 0 Å². The van der Waals surface area contributed by atoms with Gasteiger partial charge in [-0.1, -0.05) is 18.2 Å². The molecule has 0 aliphatic heterocycles. The summed E-state index contributed by atoms with van der Waals surface area (Å²) < 4.78 is 7.21. The maximum Gasteiger partial charge on any atom is 0.140 e. The van der Waals surface area contributed by atoms with Gasteiger partial charge in [0.1, 0.15) is 18.0 Å². The standard InChI is InChI=1S/C17H20N4O2/c22-10-12-23-11-4-9-18-16-7-3-8-17(20-16)21-13-19-14-5-1-2-6-15(14)21/h1-3,5-8,13,22H,4,9-12H2,(H,18,20). The Hall–Kier alpha value is -2.44. The molecule has 23 heavy (non-hydrogen) atoms. The van der Waals surface area contributed by atoms with Crippen LogP contribution in [0.25, 0.3) is 16.9 Å². The lowest BCUT2D eigenvalue weighted by Crippen LogP contribution is -2.09. The van der Waals surface area contributed by atoms with Crippen molar-refractivity contribution in [1.82, 2.24) is 14.5 Å². The van der Waals surface area contributed by atoms with Gasteiger partial charge in [0.15, 0.2) is 0 Å². The van der Waals surface area contributed by atoms with Gasteiger partial charge >= 0.3 is 0 Å². The van der Waals surface area contributed by atoms with Crippen molar-refractivity contribution in [2.75, 3.05) is 31.7 Å². The lowest BCUT2D eigenvalue weighted by atomic mass is 10.3. The van der Waals surface area contributed by atoms with Crippen molar-refractivity contribution in [3.05, 3.63) is 48.8 Å². The lowest BCUT2D eigenvalue weighted by molar-refractivity contribution is 0.0922. The van der Waals surface area contributed by atoms with Crippen LogP contribution in [0.3, 0.4) is 0 Å². The second-order valence-electron chi connectivity index (χ2n) is 5.10. The van der Waals surface area contributed by atoms with Crippen LogP contribution < -0.4 is 5.32 Å². The molecule has 2 aromatic heterocycles. The van der Waals surface area contributed by atoms with Crippen molar-refractivity contribution in [2.24, 2.45) is 0 Å². The fraction of sp³-hybridized carbons (Fsp3) is 0.294. The maximum atomic E-state index is 8.64. The van der Waals surface area contributed by atoms with E-state index in [0.29, 0.717) is 13.2 Å². The van der Waals surface area contributed by atoms with Gasteiger partial charge < -0.3 is 15.2 Å². The Kier molecular flexibility index (Phi) is 5.18. The van der Waals surface area contributed by atoms with E-state index in [1.165, 1.54) is 0 Å². The first-order valence-electron chi connectivity index (χ1n) is 7.70. The van der Waals surface area contributed by atoms with Gasteiger partial charge in [-0.05, 0) is 30.7 Å². The minimum absolute atomic E-state index is 0.0654. The third-order valence-electron chi connectivity index (χ3n) is 3.44. The van der Waals surface area contributed by atoms with Gasteiger partial charge in [0.25, 0.3) is 0 Å². The summed E-state index contributed by atoms with van der Waals surface area (Å²) in [6.45, 7) is 1.85. The van der Waals surface area contributed by atoms with Gasteiger partial charge in [-0.25, -0.2) is 9.97 Å². The van der Waals surface area contributed by atoms with Crippen molar-refractivity contribution >= 4 is 16.9 Å². The van der Waals surface area contributed by atoms with Crippen LogP contribution in [0.1, 0.15) is 6.42 Å². The number of rotatable bonds is 8.